The zero-order chi connectivity index (χ0) is 13.7. The zero-order valence-corrected chi connectivity index (χ0v) is 15.8. The van der Waals surface area contributed by atoms with Crippen LogP contribution in [0.3, 0.4) is 0 Å². The minimum absolute atomic E-state index is 0.448. The second-order valence-electron chi connectivity index (χ2n) is 3.84. The molecule has 0 amide bonds. The summed E-state index contributed by atoms with van der Waals surface area (Å²) in [6.07, 6.45) is 7.97. The van der Waals surface area contributed by atoms with Gasteiger partial charge >= 0.3 is 8.80 Å². The Hall–Kier alpha value is 0.488. The van der Waals surface area contributed by atoms with Gasteiger partial charge in [0.2, 0.25) is 29.3 Å². The maximum Gasteiger partial charge on any atom is 0.469 e. The van der Waals surface area contributed by atoms with Crippen molar-refractivity contribution in [2.24, 2.45) is 0 Å². The summed E-state index contributed by atoms with van der Waals surface area (Å²) >= 11 is 0. The summed E-state index contributed by atoms with van der Waals surface area (Å²) in [4.78, 5) is 0. The molecule has 0 N–H and O–H groups in total. The van der Waals surface area contributed by atoms with E-state index in [2.05, 4.69) is 6.58 Å². The third kappa shape index (κ3) is 8.57. The van der Waals surface area contributed by atoms with E-state index in [1.165, 1.54) is 19.3 Å². The van der Waals surface area contributed by atoms with Gasteiger partial charge in [-0.1, -0.05) is 18.9 Å². The molecule has 0 spiro atoms. The second-order valence-corrected chi connectivity index (χ2v) is 9.38. The van der Waals surface area contributed by atoms with E-state index < -0.39 is 8.80 Å². The molecule has 0 aliphatic rings. The molecule has 0 rings (SSSR count). The number of hydrogen-bond acceptors (Lipinski definition) is 3. The van der Waals surface area contributed by atoms with Crippen LogP contribution in [-0.4, -0.2) is 38.1 Å². The van der Waals surface area contributed by atoms with Crippen LogP contribution in [0.1, 0.15) is 32.1 Å². The second kappa shape index (κ2) is 12.5. The molecule has 102 valence electrons. The Bertz CT molecular complexity index is 188. The van der Waals surface area contributed by atoms with E-state index in [-0.39, 0.29) is 0 Å². The standard InChI is InChI=1S/C11H24O3Si4/c1-5-6-7-8-9-10-11-18(12-15-2,13-16-3)14-17-4/h5H,1,6-11H2,2-4H3. The lowest BCUT2D eigenvalue weighted by Crippen LogP contribution is -2.47. The van der Waals surface area contributed by atoms with Gasteiger partial charge in [-0.15, -0.1) is 6.58 Å². The molecule has 0 aliphatic heterocycles. The summed E-state index contributed by atoms with van der Waals surface area (Å²) in [6.45, 7) is 9.85. The van der Waals surface area contributed by atoms with Crippen molar-refractivity contribution in [2.75, 3.05) is 0 Å². The third-order valence-electron chi connectivity index (χ3n) is 2.41. The Labute approximate surface area is 121 Å². The van der Waals surface area contributed by atoms with E-state index in [0.717, 1.165) is 18.9 Å². The van der Waals surface area contributed by atoms with E-state index >= 15 is 0 Å². The molecule has 3 nitrogen and oxygen atoms in total. The molecule has 0 saturated carbocycles. The summed E-state index contributed by atoms with van der Waals surface area (Å²) in [5.41, 5.74) is 0. The molecular weight excluding hydrogens is 292 g/mol. The predicted octanol–water partition coefficient (Wildman–Crippen LogP) is 3.11. The van der Waals surface area contributed by atoms with Crippen molar-refractivity contribution >= 4 is 38.1 Å². The SMILES string of the molecule is C=CCCCCCC[Si](O[Si]C)(O[Si]C)O[Si]C. The van der Waals surface area contributed by atoms with Crippen LogP contribution in [0.4, 0.5) is 0 Å². The van der Waals surface area contributed by atoms with Crippen molar-refractivity contribution in [3.63, 3.8) is 0 Å². The van der Waals surface area contributed by atoms with Gasteiger partial charge in [-0.2, -0.15) is 0 Å². The van der Waals surface area contributed by atoms with Crippen LogP contribution in [-0.2, 0) is 12.3 Å². The largest absolute Gasteiger partial charge is 0.469 e. The summed E-state index contributed by atoms with van der Waals surface area (Å²) in [6, 6.07) is 0.962. The summed E-state index contributed by atoms with van der Waals surface area (Å²) in [5, 5.41) is 0. The highest BCUT2D eigenvalue weighted by molar-refractivity contribution is 6.73. The van der Waals surface area contributed by atoms with Crippen LogP contribution >= 0.6 is 0 Å². The van der Waals surface area contributed by atoms with Gasteiger partial charge in [0, 0.05) is 6.04 Å². The minimum Gasteiger partial charge on any atom is -0.416 e. The van der Waals surface area contributed by atoms with Crippen molar-refractivity contribution in [1.82, 2.24) is 0 Å². The lowest BCUT2D eigenvalue weighted by atomic mass is 10.1. The zero-order valence-electron chi connectivity index (χ0n) is 11.8. The van der Waals surface area contributed by atoms with Gasteiger partial charge in [0.25, 0.3) is 0 Å². The molecule has 0 unspecified atom stereocenters. The molecule has 0 saturated heterocycles. The molecule has 0 bridgehead atoms. The van der Waals surface area contributed by atoms with Gasteiger partial charge in [-0.3, -0.25) is 0 Å². The number of rotatable bonds is 13. The fraction of sp³-hybridized carbons (Fsp3) is 0.818. The van der Waals surface area contributed by atoms with Crippen molar-refractivity contribution in [2.45, 2.75) is 57.8 Å². The first kappa shape index (κ1) is 18.5. The maximum atomic E-state index is 5.86. The van der Waals surface area contributed by atoms with Crippen LogP contribution in [0.2, 0.25) is 25.7 Å². The van der Waals surface area contributed by atoms with E-state index in [0.29, 0.717) is 29.3 Å². The lowest BCUT2D eigenvalue weighted by molar-refractivity contribution is 0.279. The average Bonchev–Trinajstić information content (AvgIpc) is 2.35. The van der Waals surface area contributed by atoms with Crippen molar-refractivity contribution in [3.8, 4) is 0 Å². The monoisotopic (exact) mass is 316 g/mol. The number of unbranched alkanes of at least 4 members (excludes halogenated alkanes) is 4. The van der Waals surface area contributed by atoms with Gasteiger partial charge < -0.3 is 12.3 Å². The minimum atomic E-state index is -2.35. The Kier molecular flexibility index (Phi) is 12.9. The molecule has 7 heteroatoms. The highest BCUT2D eigenvalue weighted by Gasteiger charge is 2.38. The molecule has 0 aliphatic carbocycles. The van der Waals surface area contributed by atoms with E-state index in [9.17, 15) is 0 Å². The van der Waals surface area contributed by atoms with Gasteiger partial charge in [-0.05, 0) is 38.9 Å². The first-order valence-electron chi connectivity index (χ1n) is 6.39. The van der Waals surface area contributed by atoms with E-state index in [1.807, 2.05) is 25.7 Å². The summed E-state index contributed by atoms with van der Waals surface area (Å²) in [7, 11) is -1.00. The Morgan fingerprint density at radius 1 is 0.889 bits per heavy atom. The van der Waals surface area contributed by atoms with Gasteiger partial charge in [0.05, 0.1) is 0 Å². The molecule has 0 atom stereocenters. The average molecular weight is 317 g/mol. The van der Waals surface area contributed by atoms with Gasteiger partial charge in [0.1, 0.15) is 0 Å². The van der Waals surface area contributed by atoms with Crippen molar-refractivity contribution in [3.05, 3.63) is 12.7 Å². The van der Waals surface area contributed by atoms with Gasteiger partial charge in [-0.25, -0.2) is 0 Å². The van der Waals surface area contributed by atoms with Crippen LogP contribution < -0.4 is 0 Å². The molecule has 0 heterocycles. The highest BCUT2D eigenvalue weighted by atomic mass is 28.5. The first-order valence-corrected chi connectivity index (χ1v) is 12.6. The Morgan fingerprint density at radius 3 is 1.83 bits per heavy atom. The Balaban J connectivity index is 4.00. The summed E-state index contributed by atoms with van der Waals surface area (Å²) < 4.78 is 17.6. The topological polar surface area (TPSA) is 27.7 Å². The van der Waals surface area contributed by atoms with Crippen LogP contribution in [0.15, 0.2) is 12.7 Å². The first-order chi connectivity index (χ1) is 8.74. The molecule has 0 aromatic rings. The predicted molar refractivity (Wildman–Crippen MR) is 82.0 cm³/mol. The molecule has 18 heavy (non-hydrogen) atoms. The maximum absolute atomic E-state index is 5.86. The van der Waals surface area contributed by atoms with Crippen molar-refractivity contribution < 1.29 is 12.3 Å². The van der Waals surface area contributed by atoms with Crippen molar-refractivity contribution in [1.29, 1.82) is 0 Å². The quantitative estimate of drug-likeness (QED) is 0.297. The fourth-order valence-corrected chi connectivity index (χ4v) is 8.93. The van der Waals surface area contributed by atoms with Crippen LogP contribution in [0, 0.1) is 0 Å². The molecular formula is C11H24O3Si4. The Morgan fingerprint density at radius 2 is 1.39 bits per heavy atom. The van der Waals surface area contributed by atoms with E-state index in [1.54, 1.807) is 0 Å². The number of allylic oxidation sites excluding steroid dienone is 1. The summed E-state index contributed by atoms with van der Waals surface area (Å²) in [5.74, 6) is 0. The number of hydrogen-bond donors (Lipinski definition) is 0. The molecule has 0 fully saturated rings. The normalized spacial score (nSPS) is 11.7. The highest BCUT2D eigenvalue weighted by Crippen LogP contribution is 2.19. The smallest absolute Gasteiger partial charge is 0.416 e. The molecule has 6 radical (unpaired) electrons. The van der Waals surface area contributed by atoms with E-state index in [4.69, 9.17) is 12.3 Å². The van der Waals surface area contributed by atoms with Crippen LogP contribution in [0.25, 0.3) is 0 Å². The lowest BCUT2D eigenvalue weighted by Gasteiger charge is -2.29. The molecule has 0 aromatic carbocycles. The van der Waals surface area contributed by atoms with Crippen LogP contribution in [0.5, 0.6) is 0 Å². The fourth-order valence-electron chi connectivity index (χ4n) is 1.67. The molecule has 0 aromatic heterocycles. The third-order valence-corrected chi connectivity index (χ3v) is 9.56. The van der Waals surface area contributed by atoms with Gasteiger partial charge in [0.15, 0.2) is 0 Å².